The van der Waals surface area contributed by atoms with Crippen molar-refractivity contribution >= 4 is 0 Å². The first-order valence-corrected chi connectivity index (χ1v) is 6.60. The number of alkyl halides is 1. The first-order chi connectivity index (χ1) is 8.16. The first-order valence-electron chi connectivity index (χ1n) is 6.60. The van der Waals surface area contributed by atoms with E-state index in [1.807, 2.05) is 0 Å². The van der Waals surface area contributed by atoms with E-state index in [0.29, 0.717) is 6.42 Å². The van der Waals surface area contributed by atoms with Crippen LogP contribution in [0, 0.1) is 13.8 Å². The first kappa shape index (κ1) is 12.6. The van der Waals surface area contributed by atoms with Crippen molar-refractivity contribution in [3.63, 3.8) is 0 Å². The molecule has 0 aliphatic carbocycles. The highest BCUT2D eigenvalue weighted by Crippen LogP contribution is 2.19. The Kier molecular flexibility index (Phi) is 4.16. The summed E-state index contributed by atoms with van der Waals surface area (Å²) in [5.41, 5.74) is 3.58. The molecule has 17 heavy (non-hydrogen) atoms. The van der Waals surface area contributed by atoms with Gasteiger partial charge in [0.05, 0.1) is 0 Å². The van der Waals surface area contributed by atoms with Gasteiger partial charge in [-0.15, -0.1) is 0 Å². The predicted molar refractivity (Wildman–Crippen MR) is 70.2 cm³/mol. The minimum absolute atomic E-state index is 0.0589. The van der Waals surface area contributed by atoms with Gasteiger partial charge in [0.25, 0.3) is 0 Å². The van der Waals surface area contributed by atoms with E-state index in [-0.39, 0.29) is 6.04 Å². The molecule has 0 bridgehead atoms. The maximum absolute atomic E-state index is 14.2. The summed E-state index contributed by atoms with van der Waals surface area (Å²) in [4.78, 5) is 0. The molecule has 1 aromatic rings. The third-order valence-corrected chi connectivity index (χ3v) is 3.70. The van der Waals surface area contributed by atoms with E-state index in [1.165, 1.54) is 17.5 Å². The number of hydrogen-bond acceptors (Lipinski definition) is 1. The molecular weight excluding hydrogens is 213 g/mol. The summed E-state index contributed by atoms with van der Waals surface area (Å²) in [5, 5.41) is 3.30. The van der Waals surface area contributed by atoms with Gasteiger partial charge in [-0.2, -0.15) is 0 Å². The molecule has 1 N–H and O–H groups in total. The molecule has 1 saturated heterocycles. The molecule has 2 atom stereocenters. The van der Waals surface area contributed by atoms with Crippen LogP contribution in [0.3, 0.4) is 0 Å². The zero-order valence-electron chi connectivity index (χ0n) is 10.8. The van der Waals surface area contributed by atoms with Crippen LogP contribution in [0.5, 0.6) is 0 Å². The number of nitrogens with one attached hydrogen (secondary N) is 1. The van der Waals surface area contributed by atoms with Crippen LogP contribution in [0.15, 0.2) is 18.2 Å². The van der Waals surface area contributed by atoms with Crippen molar-refractivity contribution in [1.82, 2.24) is 5.32 Å². The Labute approximate surface area is 103 Å². The fourth-order valence-corrected chi connectivity index (χ4v) is 2.56. The Morgan fingerprint density at radius 1 is 1.35 bits per heavy atom. The van der Waals surface area contributed by atoms with Crippen LogP contribution in [0.1, 0.15) is 36.0 Å². The number of piperidine rings is 1. The van der Waals surface area contributed by atoms with Crippen molar-refractivity contribution in [2.45, 2.75) is 51.7 Å². The highest BCUT2D eigenvalue weighted by Gasteiger charge is 2.23. The van der Waals surface area contributed by atoms with Gasteiger partial charge in [-0.25, -0.2) is 4.39 Å². The summed E-state index contributed by atoms with van der Waals surface area (Å²) in [7, 11) is 0. The Bertz CT molecular complexity index is 369. The van der Waals surface area contributed by atoms with Gasteiger partial charge in [-0.3, -0.25) is 0 Å². The maximum Gasteiger partial charge on any atom is 0.119 e. The highest BCUT2D eigenvalue weighted by molar-refractivity contribution is 5.31. The maximum atomic E-state index is 14.2. The molecule has 1 fully saturated rings. The summed E-state index contributed by atoms with van der Waals surface area (Å²) < 4.78 is 14.2. The lowest BCUT2D eigenvalue weighted by atomic mass is 9.94. The second kappa shape index (κ2) is 5.63. The van der Waals surface area contributed by atoms with E-state index in [4.69, 9.17) is 0 Å². The van der Waals surface area contributed by atoms with Crippen molar-refractivity contribution in [2.75, 3.05) is 6.54 Å². The van der Waals surface area contributed by atoms with Crippen LogP contribution >= 0.6 is 0 Å². The summed E-state index contributed by atoms with van der Waals surface area (Å²) >= 11 is 0. The van der Waals surface area contributed by atoms with Gasteiger partial charge in [0.15, 0.2) is 0 Å². The van der Waals surface area contributed by atoms with Crippen molar-refractivity contribution in [3.8, 4) is 0 Å². The topological polar surface area (TPSA) is 12.0 Å². The highest BCUT2D eigenvalue weighted by atomic mass is 19.1. The molecule has 0 aromatic heterocycles. The number of benzene rings is 1. The predicted octanol–water partition coefficient (Wildman–Crippen LogP) is 3.33. The fraction of sp³-hybridized carbons (Fsp3) is 0.600. The molecule has 1 aliphatic heterocycles. The lowest BCUT2D eigenvalue weighted by Crippen LogP contribution is -2.42. The zero-order chi connectivity index (χ0) is 12.3. The van der Waals surface area contributed by atoms with E-state index in [1.54, 1.807) is 0 Å². The van der Waals surface area contributed by atoms with Crippen molar-refractivity contribution < 1.29 is 4.39 Å². The van der Waals surface area contributed by atoms with Crippen LogP contribution in [-0.4, -0.2) is 18.8 Å². The average Bonchev–Trinajstić information content (AvgIpc) is 2.35. The van der Waals surface area contributed by atoms with Crippen LogP contribution in [0.4, 0.5) is 4.39 Å². The molecule has 0 saturated carbocycles. The second-order valence-corrected chi connectivity index (χ2v) is 5.21. The Morgan fingerprint density at radius 2 is 2.18 bits per heavy atom. The average molecular weight is 235 g/mol. The molecule has 0 amide bonds. The minimum atomic E-state index is -0.754. The fourth-order valence-electron chi connectivity index (χ4n) is 2.56. The van der Waals surface area contributed by atoms with Gasteiger partial charge < -0.3 is 5.32 Å². The molecule has 1 aliphatic rings. The monoisotopic (exact) mass is 235 g/mol. The second-order valence-electron chi connectivity index (χ2n) is 5.21. The molecule has 1 nitrogen and oxygen atoms in total. The quantitative estimate of drug-likeness (QED) is 0.847. The molecule has 1 heterocycles. The molecule has 2 unspecified atom stereocenters. The molecule has 0 spiro atoms. The summed E-state index contributed by atoms with van der Waals surface area (Å²) in [6, 6.07) is 6.35. The zero-order valence-corrected chi connectivity index (χ0v) is 10.8. The van der Waals surface area contributed by atoms with E-state index in [0.717, 1.165) is 24.9 Å². The molecule has 1 aromatic carbocycles. The van der Waals surface area contributed by atoms with Crippen LogP contribution in [0.25, 0.3) is 0 Å². The third-order valence-electron chi connectivity index (χ3n) is 3.70. The summed E-state index contributed by atoms with van der Waals surface area (Å²) in [5.74, 6) is 0. The van der Waals surface area contributed by atoms with Gasteiger partial charge in [0.1, 0.15) is 6.17 Å². The molecule has 2 rings (SSSR count). The summed E-state index contributed by atoms with van der Waals surface area (Å²) in [6.07, 6.45) is 3.12. The van der Waals surface area contributed by atoms with E-state index in [2.05, 4.69) is 37.4 Å². The van der Waals surface area contributed by atoms with E-state index in [9.17, 15) is 4.39 Å². The molecular formula is C15H22FN. The SMILES string of the molecule is Cc1ccc(C)c(CC(F)C2CCCCN2)c1. The number of rotatable bonds is 3. The smallest absolute Gasteiger partial charge is 0.119 e. The Balaban J connectivity index is 2.01. The Morgan fingerprint density at radius 3 is 2.88 bits per heavy atom. The van der Waals surface area contributed by atoms with Crippen molar-refractivity contribution in [1.29, 1.82) is 0 Å². The molecule has 2 heteroatoms. The molecule has 94 valence electrons. The minimum Gasteiger partial charge on any atom is -0.311 e. The van der Waals surface area contributed by atoms with Gasteiger partial charge in [0.2, 0.25) is 0 Å². The van der Waals surface area contributed by atoms with E-state index < -0.39 is 6.17 Å². The van der Waals surface area contributed by atoms with Gasteiger partial charge in [-0.1, -0.05) is 30.2 Å². The largest absolute Gasteiger partial charge is 0.311 e. The van der Waals surface area contributed by atoms with Crippen molar-refractivity contribution in [2.24, 2.45) is 0 Å². The van der Waals surface area contributed by atoms with Crippen LogP contribution in [-0.2, 0) is 6.42 Å². The van der Waals surface area contributed by atoms with Crippen LogP contribution in [0.2, 0.25) is 0 Å². The van der Waals surface area contributed by atoms with Gasteiger partial charge >= 0.3 is 0 Å². The number of hydrogen-bond donors (Lipinski definition) is 1. The third kappa shape index (κ3) is 3.29. The van der Waals surface area contributed by atoms with Gasteiger partial charge in [-0.05, 0) is 44.4 Å². The number of halogens is 1. The van der Waals surface area contributed by atoms with Crippen molar-refractivity contribution in [3.05, 3.63) is 34.9 Å². The van der Waals surface area contributed by atoms with E-state index >= 15 is 0 Å². The Hall–Kier alpha value is -0.890. The lowest BCUT2D eigenvalue weighted by Gasteiger charge is -2.27. The number of aryl methyl sites for hydroxylation is 2. The van der Waals surface area contributed by atoms with Crippen LogP contribution < -0.4 is 5.32 Å². The normalized spacial score (nSPS) is 22.4. The van der Waals surface area contributed by atoms with Gasteiger partial charge in [0, 0.05) is 12.5 Å². The molecule has 0 radical (unpaired) electrons. The lowest BCUT2D eigenvalue weighted by molar-refractivity contribution is 0.217. The summed E-state index contributed by atoms with van der Waals surface area (Å²) in [6.45, 7) is 5.10. The standard InChI is InChI=1S/C15H22FN/c1-11-6-7-12(2)13(9-11)10-14(16)15-5-3-4-8-17-15/h6-7,9,14-15,17H,3-5,8,10H2,1-2H3.